The van der Waals surface area contributed by atoms with E-state index < -0.39 is 21.9 Å². The minimum Gasteiger partial charge on any atom is -0.490 e. The third kappa shape index (κ3) is 6.24. The number of benzene rings is 2. The van der Waals surface area contributed by atoms with Gasteiger partial charge in [-0.1, -0.05) is 36.7 Å². The van der Waals surface area contributed by atoms with Gasteiger partial charge in [-0.25, -0.2) is 9.00 Å². The Morgan fingerprint density at radius 1 is 1.15 bits per heavy atom. The first-order valence-corrected chi connectivity index (χ1v) is 19.6. The Morgan fingerprint density at radius 2 is 2.00 bits per heavy atom. The molecule has 2 N–H and O–H groups in total. The predicted molar refractivity (Wildman–Crippen MR) is 187 cm³/mol. The highest BCUT2D eigenvalue weighted by Crippen LogP contribution is 2.61. The molecule has 256 valence electrons. The summed E-state index contributed by atoms with van der Waals surface area (Å²) in [7, 11) is -1.64. The molecule has 9 nitrogen and oxygen atoms in total. The second-order valence-corrected chi connectivity index (χ2v) is 17.6. The average Bonchev–Trinajstić information content (AvgIpc) is 3.96. The number of carbonyl (C=O) groups is 2. The van der Waals surface area contributed by atoms with Crippen molar-refractivity contribution in [2.45, 2.75) is 75.3 Å². The van der Waals surface area contributed by atoms with Crippen LogP contribution in [0.1, 0.15) is 79.3 Å². The molecule has 2 bridgehead atoms. The number of allylic oxidation sites excluding steroid dienone is 1. The van der Waals surface area contributed by atoms with Gasteiger partial charge < -0.3 is 19.7 Å². The zero-order valence-electron chi connectivity index (χ0n) is 27.7. The van der Waals surface area contributed by atoms with Gasteiger partial charge in [-0.3, -0.25) is 9.52 Å². The van der Waals surface area contributed by atoms with Crippen LogP contribution in [0.3, 0.4) is 0 Å². The molecule has 3 amide bonds. The molecule has 2 aromatic carbocycles. The normalized spacial score (nSPS) is 36.1. The SMILES string of the molecule is CO[C@H]1/C=C/C[C@H](C)C[S@@](=O)(NC(=O)NC2CC2)=NC(=O)c2ccc3c(c2)N(C[C@@H]2CC[C@H]21)C[C@]1(CO3)C[C@@H]2C[C@@H]2c2cc(Cl)ccc21. The number of hydrogen-bond donors (Lipinski definition) is 2. The number of urea groups is 1. The lowest BCUT2D eigenvalue weighted by Crippen LogP contribution is -2.49. The fourth-order valence-electron chi connectivity index (χ4n) is 8.68. The number of carbonyl (C=O) groups excluding carboxylic acids is 2. The van der Waals surface area contributed by atoms with E-state index in [1.807, 2.05) is 25.1 Å². The lowest BCUT2D eigenvalue weighted by atomic mass is 9.68. The largest absolute Gasteiger partial charge is 0.490 e. The van der Waals surface area contributed by atoms with Crippen molar-refractivity contribution in [3.63, 3.8) is 0 Å². The number of halogens is 1. The highest BCUT2D eigenvalue weighted by atomic mass is 35.5. The molecule has 11 heteroatoms. The van der Waals surface area contributed by atoms with E-state index in [-0.39, 0.29) is 29.2 Å². The van der Waals surface area contributed by atoms with Crippen molar-refractivity contribution < 1.29 is 23.3 Å². The quantitative estimate of drug-likeness (QED) is 0.351. The van der Waals surface area contributed by atoms with Crippen molar-refractivity contribution in [3.05, 3.63) is 70.3 Å². The number of methoxy groups -OCH3 is 1. The first-order chi connectivity index (χ1) is 23.1. The van der Waals surface area contributed by atoms with E-state index in [0.717, 1.165) is 61.7 Å². The molecule has 0 unspecified atom stereocenters. The average molecular weight is 693 g/mol. The fourth-order valence-corrected chi connectivity index (χ4v) is 10.7. The summed E-state index contributed by atoms with van der Waals surface area (Å²) in [4.78, 5) is 29.1. The van der Waals surface area contributed by atoms with E-state index >= 15 is 0 Å². The molecular weight excluding hydrogens is 648 g/mol. The number of nitrogens with one attached hydrogen (secondary N) is 2. The van der Waals surface area contributed by atoms with Crippen LogP contribution in [-0.4, -0.2) is 60.9 Å². The standard InChI is InChI=1S/C37H45ClN4O5S/c1-22-4-3-5-33(46-2)28-11-6-24(28)18-42-20-37(17-25-14-29(25)30-16-26(38)8-12-31(30)37)21-47-34-13-7-23(15-32(34)42)35(43)40-48(45,19-22)41-36(44)39-27-9-10-27/h3,5,7-8,12-13,15-16,22,24-25,27-29,33H,4,6,9-11,14,17-21H2,1-2H3,(H2,39,40,41,43,44,45)/b5-3+/t22-,24-,25-,28+,29-,33-,37-,48-/m0/s1. The molecule has 8 atom stereocenters. The minimum absolute atomic E-state index is 0.0327. The van der Waals surface area contributed by atoms with Crippen molar-refractivity contribution in [2.75, 3.05) is 37.5 Å². The molecule has 2 aromatic rings. The van der Waals surface area contributed by atoms with Crippen molar-refractivity contribution in [1.82, 2.24) is 10.0 Å². The molecular formula is C37H45ClN4O5S. The Hall–Kier alpha value is -3.08. The van der Waals surface area contributed by atoms with Crippen LogP contribution in [0.4, 0.5) is 10.5 Å². The van der Waals surface area contributed by atoms with E-state index in [1.54, 1.807) is 13.2 Å². The highest BCUT2D eigenvalue weighted by molar-refractivity contribution is 7.92. The smallest absolute Gasteiger partial charge is 0.327 e. The maximum atomic E-state index is 14.2. The maximum Gasteiger partial charge on any atom is 0.327 e. The van der Waals surface area contributed by atoms with Crippen molar-refractivity contribution in [3.8, 4) is 5.75 Å². The van der Waals surface area contributed by atoms with Gasteiger partial charge in [0.05, 0.1) is 24.2 Å². The minimum atomic E-state index is -3.42. The highest BCUT2D eigenvalue weighted by Gasteiger charge is 2.54. The van der Waals surface area contributed by atoms with Crippen LogP contribution in [0.5, 0.6) is 5.75 Å². The molecule has 6 aliphatic rings. The number of rotatable bonds is 3. The molecule has 48 heavy (non-hydrogen) atoms. The first-order valence-electron chi connectivity index (χ1n) is 17.5. The second-order valence-electron chi connectivity index (χ2n) is 15.2. The molecule has 4 aliphatic carbocycles. The van der Waals surface area contributed by atoms with Gasteiger partial charge >= 0.3 is 6.03 Å². The zero-order chi connectivity index (χ0) is 33.2. The van der Waals surface area contributed by atoms with E-state index in [1.165, 1.54) is 17.5 Å². The number of ether oxygens (including phenoxy) is 2. The van der Waals surface area contributed by atoms with Crippen LogP contribution in [-0.2, 0) is 20.1 Å². The summed E-state index contributed by atoms with van der Waals surface area (Å²) < 4.78 is 33.8. The Kier molecular flexibility index (Phi) is 8.27. The lowest BCUT2D eigenvalue weighted by molar-refractivity contribution is 0.0131. The number of fused-ring (bicyclic) bond motifs is 6. The maximum absolute atomic E-state index is 14.2. The van der Waals surface area contributed by atoms with Crippen molar-refractivity contribution in [2.24, 2.45) is 28.0 Å². The molecule has 2 aliphatic heterocycles. The van der Waals surface area contributed by atoms with Crippen LogP contribution in [0.2, 0.25) is 5.02 Å². The molecule has 3 saturated carbocycles. The predicted octanol–water partition coefficient (Wildman–Crippen LogP) is 6.61. The molecule has 8 rings (SSSR count). The van der Waals surface area contributed by atoms with Gasteiger partial charge in [0.15, 0.2) is 0 Å². The lowest BCUT2D eigenvalue weighted by Gasteiger charge is -2.46. The molecule has 2 heterocycles. The molecule has 0 radical (unpaired) electrons. The third-order valence-corrected chi connectivity index (χ3v) is 13.7. The number of nitrogens with zero attached hydrogens (tertiary/aromatic N) is 2. The Labute approximate surface area is 288 Å². The van der Waals surface area contributed by atoms with Gasteiger partial charge in [0.25, 0.3) is 5.91 Å². The molecule has 3 fully saturated rings. The number of hydrogen-bond acceptors (Lipinski definition) is 6. The monoisotopic (exact) mass is 692 g/mol. The summed E-state index contributed by atoms with van der Waals surface area (Å²) in [6.07, 6.45) is 11.0. The van der Waals surface area contributed by atoms with Gasteiger partial charge in [-0.05, 0) is 116 Å². The summed E-state index contributed by atoms with van der Waals surface area (Å²) in [6.45, 7) is 4.06. The summed E-state index contributed by atoms with van der Waals surface area (Å²) in [6, 6.07) is 11.3. The summed E-state index contributed by atoms with van der Waals surface area (Å²) in [5.74, 6) is 2.03. The Balaban J connectivity index is 1.20. The van der Waals surface area contributed by atoms with Crippen LogP contribution < -0.4 is 19.7 Å². The van der Waals surface area contributed by atoms with Crippen LogP contribution >= 0.6 is 11.6 Å². The van der Waals surface area contributed by atoms with Gasteiger partial charge in [-0.15, -0.1) is 4.36 Å². The topological polar surface area (TPSA) is 109 Å². The van der Waals surface area contributed by atoms with Gasteiger partial charge in [-0.2, -0.15) is 0 Å². The molecule has 1 spiro atoms. The number of anilines is 1. The van der Waals surface area contributed by atoms with Crippen LogP contribution in [0.25, 0.3) is 0 Å². The van der Waals surface area contributed by atoms with Gasteiger partial charge in [0.1, 0.15) is 15.7 Å². The van der Waals surface area contributed by atoms with E-state index in [4.69, 9.17) is 21.1 Å². The second kappa shape index (κ2) is 12.4. The molecule has 0 saturated heterocycles. The third-order valence-electron chi connectivity index (χ3n) is 11.5. The fraction of sp³-hybridized carbons (Fsp3) is 0.568. The number of amides is 3. The first kappa shape index (κ1) is 32.1. The van der Waals surface area contributed by atoms with Gasteiger partial charge in [0, 0.05) is 42.2 Å². The Bertz CT molecular complexity index is 1790. The molecule has 0 aromatic heterocycles. The zero-order valence-corrected chi connectivity index (χ0v) is 29.2. The van der Waals surface area contributed by atoms with Crippen LogP contribution in [0.15, 0.2) is 52.9 Å². The van der Waals surface area contributed by atoms with Gasteiger partial charge in [0.2, 0.25) is 0 Å². The van der Waals surface area contributed by atoms with Crippen molar-refractivity contribution in [1.29, 1.82) is 0 Å². The van der Waals surface area contributed by atoms with Crippen molar-refractivity contribution >= 4 is 39.1 Å². The van der Waals surface area contributed by atoms with Crippen LogP contribution in [0, 0.1) is 23.7 Å². The summed E-state index contributed by atoms with van der Waals surface area (Å²) in [5, 5.41) is 3.60. The van der Waals surface area contributed by atoms with E-state index in [0.29, 0.717) is 42.3 Å². The summed E-state index contributed by atoms with van der Waals surface area (Å²) in [5.41, 5.74) is 3.63. The summed E-state index contributed by atoms with van der Waals surface area (Å²) >= 11 is 6.52. The van der Waals surface area contributed by atoms with E-state index in [9.17, 15) is 13.8 Å². The van der Waals surface area contributed by atoms with E-state index in [2.05, 4.69) is 43.6 Å². The Morgan fingerprint density at radius 3 is 2.77 bits per heavy atom.